The van der Waals surface area contributed by atoms with Crippen LogP contribution in [0.15, 0.2) is 42.6 Å². The van der Waals surface area contributed by atoms with E-state index in [1.54, 1.807) is 11.3 Å². The van der Waals surface area contributed by atoms with Crippen LogP contribution in [0.25, 0.3) is 16.5 Å². The van der Waals surface area contributed by atoms with Gasteiger partial charge in [0.15, 0.2) is 0 Å². The molecule has 4 nitrogen and oxygen atoms in total. The molecule has 3 aromatic rings. The lowest BCUT2D eigenvalue weighted by Gasteiger charge is -2.44. The molecule has 0 fully saturated rings. The highest BCUT2D eigenvalue weighted by molar-refractivity contribution is 7.15. The fourth-order valence-electron chi connectivity index (χ4n) is 4.68. The molecule has 0 saturated heterocycles. The standard InChI is InChI=1S/C27H27F3N2OS.CH4O/c1-16-10-20-13-19(24-14-31-17(2)34-24)7-8-21(20)26(32(16)15-27(3,4)30)25-22(28)11-18(6-5-9-33)12-23(25)29;1-2/h5-9,11-14,16,26H,10,15H2,1-4H3;2H,1H3/b6-5+;. The molecule has 36 heavy (non-hydrogen) atoms. The second kappa shape index (κ2) is 11.5. The normalized spacial score (nSPS) is 18.0. The van der Waals surface area contributed by atoms with Gasteiger partial charge in [0.05, 0.1) is 15.9 Å². The van der Waals surface area contributed by atoms with Gasteiger partial charge in [0, 0.05) is 31.5 Å². The summed E-state index contributed by atoms with van der Waals surface area (Å²) >= 11 is 1.59. The average molecular weight is 517 g/mol. The number of aldehydes is 1. The summed E-state index contributed by atoms with van der Waals surface area (Å²) in [6.45, 7) is 6.88. The predicted molar refractivity (Wildman–Crippen MR) is 139 cm³/mol. The van der Waals surface area contributed by atoms with Crippen LogP contribution in [0, 0.1) is 18.6 Å². The number of fused-ring (bicyclic) bond motifs is 1. The zero-order chi connectivity index (χ0) is 26.6. The molecule has 4 rings (SSSR count). The minimum atomic E-state index is -1.55. The topological polar surface area (TPSA) is 53.4 Å². The van der Waals surface area contributed by atoms with Crippen LogP contribution in [0.2, 0.25) is 0 Å². The Hall–Kier alpha value is -2.81. The number of thiazole rings is 1. The third-order valence-electron chi connectivity index (χ3n) is 6.06. The summed E-state index contributed by atoms with van der Waals surface area (Å²) in [6.07, 6.45) is 5.56. The van der Waals surface area contributed by atoms with Crippen molar-refractivity contribution in [1.29, 1.82) is 0 Å². The summed E-state index contributed by atoms with van der Waals surface area (Å²) in [6, 6.07) is 7.39. The number of aliphatic hydroxyl groups excluding tert-OH is 1. The van der Waals surface area contributed by atoms with E-state index in [0.29, 0.717) is 12.7 Å². The van der Waals surface area contributed by atoms with Gasteiger partial charge in [0.25, 0.3) is 0 Å². The Kier molecular flexibility index (Phi) is 8.87. The van der Waals surface area contributed by atoms with Crippen molar-refractivity contribution >= 4 is 23.7 Å². The van der Waals surface area contributed by atoms with Crippen molar-refractivity contribution in [2.75, 3.05) is 13.7 Å². The summed E-state index contributed by atoms with van der Waals surface area (Å²) in [4.78, 5) is 17.8. The first-order valence-electron chi connectivity index (χ1n) is 11.6. The first-order chi connectivity index (χ1) is 17.1. The molecule has 1 N–H and O–H groups in total. The fraction of sp³-hybridized carbons (Fsp3) is 0.357. The molecule has 0 radical (unpaired) electrons. The van der Waals surface area contributed by atoms with Crippen molar-refractivity contribution in [2.24, 2.45) is 0 Å². The van der Waals surface area contributed by atoms with E-state index in [2.05, 4.69) is 11.1 Å². The number of hydrogen-bond donors (Lipinski definition) is 1. The van der Waals surface area contributed by atoms with E-state index in [1.807, 2.05) is 37.1 Å². The molecule has 1 aliphatic heterocycles. The molecule has 192 valence electrons. The fourth-order valence-corrected chi connectivity index (χ4v) is 5.45. The number of halogens is 3. The lowest BCUT2D eigenvalue weighted by Crippen LogP contribution is -2.48. The van der Waals surface area contributed by atoms with Gasteiger partial charge in [-0.15, -0.1) is 11.3 Å². The number of aromatic nitrogens is 1. The predicted octanol–water partition coefficient (Wildman–Crippen LogP) is 6.30. The molecule has 0 amide bonds. The quantitative estimate of drug-likeness (QED) is 0.309. The summed E-state index contributed by atoms with van der Waals surface area (Å²) < 4.78 is 45.6. The maximum atomic E-state index is 15.4. The van der Waals surface area contributed by atoms with Crippen LogP contribution in [0.5, 0.6) is 0 Å². The number of carbonyl (C=O) groups is 1. The van der Waals surface area contributed by atoms with Gasteiger partial charge >= 0.3 is 0 Å². The Morgan fingerprint density at radius 1 is 1.19 bits per heavy atom. The van der Waals surface area contributed by atoms with Crippen molar-refractivity contribution in [1.82, 2.24) is 9.88 Å². The Morgan fingerprint density at radius 2 is 1.86 bits per heavy atom. The molecule has 0 aliphatic carbocycles. The number of nitrogens with zero attached hydrogens (tertiary/aromatic N) is 2. The van der Waals surface area contributed by atoms with Crippen LogP contribution in [0.4, 0.5) is 13.2 Å². The summed E-state index contributed by atoms with van der Waals surface area (Å²) in [5.41, 5.74) is 1.35. The number of allylic oxidation sites excluding steroid dienone is 1. The van der Waals surface area contributed by atoms with Crippen LogP contribution in [-0.4, -0.2) is 46.6 Å². The smallest absolute Gasteiger partial charge is 0.142 e. The van der Waals surface area contributed by atoms with Gasteiger partial charge in [-0.3, -0.25) is 9.69 Å². The number of benzene rings is 2. The molecule has 2 unspecified atom stereocenters. The Morgan fingerprint density at radius 3 is 2.42 bits per heavy atom. The lowest BCUT2D eigenvalue weighted by molar-refractivity contribution is -0.104. The first kappa shape index (κ1) is 27.8. The summed E-state index contributed by atoms with van der Waals surface area (Å²) in [5, 5.41) is 7.96. The van der Waals surface area contributed by atoms with Crippen molar-refractivity contribution in [3.05, 3.63) is 81.5 Å². The van der Waals surface area contributed by atoms with Gasteiger partial charge in [-0.1, -0.05) is 18.2 Å². The number of carbonyl (C=O) groups excluding carboxylic acids is 1. The van der Waals surface area contributed by atoms with Gasteiger partial charge in [0.1, 0.15) is 23.6 Å². The second-order valence-corrected chi connectivity index (χ2v) is 10.6. The van der Waals surface area contributed by atoms with Gasteiger partial charge in [-0.25, -0.2) is 18.2 Å². The van der Waals surface area contributed by atoms with E-state index in [0.717, 1.165) is 33.7 Å². The van der Waals surface area contributed by atoms with Crippen LogP contribution in [-0.2, 0) is 11.2 Å². The molecular weight excluding hydrogens is 485 g/mol. The molecule has 2 atom stereocenters. The SMILES string of the molecule is CO.Cc1ncc(-c2ccc3c(c2)CC(C)N(CC(C)(C)F)C3c2c(F)cc(/C=C/C=O)cc2F)s1. The zero-order valence-electron chi connectivity index (χ0n) is 21.1. The molecular formula is C28H31F3N2O2S. The number of aliphatic hydroxyl groups is 1. The van der Waals surface area contributed by atoms with Gasteiger partial charge < -0.3 is 5.11 Å². The van der Waals surface area contributed by atoms with E-state index in [1.165, 1.54) is 38.1 Å². The Bertz CT molecular complexity index is 1230. The van der Waals surface area contributed by atoms with E-state index in [-0.39, 0.29) is 23.7 Å². The molecule has 0 bridgehead atoms. The van der Waals surface area contributed by atoms with Crippen LogP contribution < -0.4 is 0 Å². The van der Waals surface area contributed by atoms with Crippen molar-refractivity contribution in [3.8, 4) is 10.4 Å². The van der Waals surface area contributed by atoms with E-state index in [9.17, 15) is 9.18 Å². The molecule has 1 aliphatic rings. The number of aryl methyl sites for hydroxylation is 1. The highest BCUT2D eigenvalue weighted by Gasteiger charge is 2.39. The lowest BCUT2D eigenvalue weighted by atomic mass is 9.83. The average Bonchev–Trinajstić information content (AvgIpc) is 3.25. The Labute approximate surface area is 214 Å². The third-order valence-corrected chi connectivity index (χ3v) is 7.02. The monoisotopic (exact) mass is 516 g/mol. The van der Waals surface area contributed by atoms with Gasteiger partial charge in [-0.05, 0) is 80.6 Å². The molecule has 0 saturated carbocycles. The second-order valence-electron chi connectivity index (χ2n) is 9.40. The third kappa shape index (κ3) is 6.11. The van der Waals surface area contributed by atoms with Gasteiger partial charge in [-0.2, -0.15) is 0 Å². The zero-order valence-corrected chi connectivity index (χ0v) is 21.9. The van der Waals surface area contributed by atoms with Crippen LogP contribution in [0.1, 0.15) is 54.1 Å². The minimum Gasteiger partial charge on any atom is -0.400 e. The molecule has 1 aromatic heterocycles. The highest BCUT2D eigenvalue weighted by atomic mass is 32.1. The molecule has 2 aromatic carbocycles. The Balaban J connectivity index is 0.00000176. The van der Waals surface area contributed by atoms with E-state index < -0.39 is 23.3 Å². The summed E-state index contributed by atoms with van der Waals surface area (Å²) in [5.74, 6) is -1.45. The highest BCUT2D eigenvalue weighted by Crippen LogP contribution is 2.42. The van der Waals surface area contributed by atoms with Crippen LogP contribution in [0.3, 0.4) is 0 Å². The molecule has 0 spiro atoms. The number of hydrogen-bond acceptors (Lipinski definition) is 5. The van der Waals surface area contributed by atoms with E-state index in [4.69, 9.17) is 5.11 Å². The van der Waals surface area contributed by atoms with Crippen molar-refractivity contribution < 1.29 is 23.1 Å². The van der Waals surface area contributed by atoms with Crippen molar-refractivity contribution in [3.63, 3.8) is 0 Å². The van der Waals surface area contributed by atoms with Gasteiger partial charge in [0.2, 0.25) is 0 Å². The summed E-state index contributed by atoms with van der Waals surface area (Å²) in [7, 11) is 1.00. The maximum absolute atomic E-state index is 15.4. The first-order valence-corrected chi connectivity index (χ1v) is 12.4. The minimum absolute atomic E-state index is 0.0275. The van der Waals surface area contributed by atoms with E-state index >= 15 is 8.78 Å². The molecule has 8 heteroatoms. The number of rotatable bonds is 6. The number of alkyl halides is 1. The largest absolute Gasteiger partial charge is 0.400 e. The molecule has 2 heterocycles. The van der Waals surface area contributed by atoms with Crippen LogP contribution >= 0.6 is 11.3 Å². The van der Waals surface area contributed by atoms with Crippen molar-refractivity contribution in [2.45, 2.75) is 51.9 Å². The maximum Gasteiger partial charge on any atom is 0.142 e.